The molecule has 0 heterocycles. The van der Waals surface area contributed by atoms with E-state index < -0.39 is 0 Å². The predicted octanol–water partition coefficient (Wildman–Crippen LogP) is 6.29. The van der Waals surface area contributed by atoms with Crippen LogP contribution in [0.2, 0.25) is 0 Å². The smallest absolute Gasteiger partial charge is 0.0200 e. The lowest BCUT2D eigenvalue weighted by Gasteiger charge is -2.38. The molecule has 0 unspecified atom stereocenters. The van der Waals surface area contributed by atoms with Gasteiger partial charge < -0.3 is 0 Å². The molecule has 112 valence electrons. The molecule has 2 fully saturated rings. The largest absolute Gasteiger partial charge is 0.0730 e. The second-order valence-corrected chi connectivity index (χ2v) is 7.89. The summed E-state index contributed by atoms with van der Waals surface area (Å²) in [6.07, 6.45) is 19.5. The number of hydrogen-bond donors (Lipinski definition) is 0. The molecule has 0 atom stereocenters. The molecule has 0 radical (unpaired) electrons. The van der Waals surface area contributed by atoms with Crippen LogP contribution in [-0.2, 0) is 0 Å². The van der Waals surface area contributed by atoms with Gasteiger partial charge in [0, 0.05) is 0 Å². The average molecular weight is 272 g/mol. The van der Waals surface area contributed by atoms with Gasteiger partial charge in [-0.05, 0) is 82.0 Å². The minimum Gasteiger partial charge on any atom is -0.0730 e. The molecule has 2 saturated carbocycles. The highest BCUT2D eigenvalue weighted by Gasteiger charge is 2.30. The van der Waals surface area contributed by atoms with Gasteiger partial charge in [0.15, 0.2) is 0 Å². The van der Waals surface area contributed by atoms with Crippen LogP contribution in [0.3, 0.4) is 0 Å². The van der Waals surface area contributed by atoms with Gasteiger partial charge in [0.1, 0.15) is 0 Å². The fraction of sp³-hybridized carbons (Fsp3) is 0.800. The maximum Gasteiger partial charge on any atom is -0.0200 e. The lowest BCUT2D eigenvalue weighted by molar-refractivity contribution is 0.157. The normalized spacial score (nSPS) is 39.1. The molecule has 0 bridgehead atoms. The van der Waals surface area contributed by atoms with Crippen molar-refractivity contribution in [1.82, 2.24) is 0 Å². The molecule has 0 heteroatoms. The van der Waals surface area contributed by atoms with Gasteiger partial charge in [0.2, 0.25) is 0 Å². The van der Waals surface area contributed by atoms with Gasteiger partial charge in [-0.1, -0.05) is 43.1 Å². The Bertz CT molecular complexity index is 371. The van der Waals surface area contributed by atoms with E-state index in [-0.39, 0.29) is 0 Å². The van der Waals surface area contributed by atoms with Crippen molar-refractivity contribution in [2.75, 3.05) is 0 Å². The summed E-state index contributed by atoms with van der Waals surface area (Å²) in [4.78, 5) is 0. The fourth-order valence-corrected chi connectivity index (χ4v) is 4.82. The van der Waals surface area contributed by atoms with E-state index in [0.717, 1.165) is 23.7 Å². The molecule has 0 nitrogen and oxygen atoms in total. The Hall–Kier alpha value is -0.520. The van der Waals surface area contributed by atoms with E-state index in [4.69, 9.17) is 0 Å². The minimum atomic E-state index is 0.929. The first-order valence-corrected chi connectivity index (χ1v) is 9.08. The Balaban J connectivity index is 1.50. The number of rotatable bonds is 2. The maximum absolute atomic E-state index is 2.45. The summed E-state index contributed by atoms with van der Waals surface area (Å²) < 4.78 is 0. The van der Waals surface area contributed by atoms with Crippen molar-refractivity contribution in [2.24, 2.45) is 23.7 Å². The van der Waals surface area contributed by atoms with Gasteiger partial charge in [0.05, 0.1) is 0 Å². The Morgan fingerprint density at radius 1 is 0.750 bits per heavy atom. The van der Waals surface area contributed by atoms with Gasteiger partial charge >= 0.3 is 0 Å². The van der Waals surface area contributed by atoms with Crippen LogP contribution >= 0.6 is 0 Å². The van der Waals surface area contributed by atoms with E-state index in [1.807, 2.05) is 0 Å². The van der Waals surface area contributed by atoms with Crippen molar-refractivity contribution in [3.05, 3.63) is 23.3 Å². The zero-order valence-corrected chi connectivity index (χ0v) is 13.5. The lowest BCUT2D eigenvalue weighted by Crippen LogP contribution is -2.26. The number of hydrogen-bond acceptors (Lipinski definition) is 0. The van der Waals surface area contributed by atoms with Crippen LogP contribution in [0.25, 0.3) is 0 Å². The summed E-state index contributed by atoms with van der Waals surface area (Å²) in [6.45, 7) is 4.71. The molecule has 3 rings (SSSR count). The van der Waals surface area contributed by atoms with Crippen LogP contribution in [0.15, 0.2) is 23.3 Å². The molecule has 0 N–H and O–H groups in total. The van der Waals surface area contributed by atoms with Gasteiger partial charge in [-0.3, -0.25) is 0 Å². The molecular weight excluding hydrogens is 240 g/mol. The molecule has 3 aliphatic carbocycles. The van der Waals surface area contributed by atoms with Crippen molar-refractivity contribution in [1.29, 1.82) is 0 Å². The van der Waals surface area contributed by atoms with Gasteiger partial charge in [0.25, 0.3) is 0 Å². The standard InChI is InChI=1S/C20H32/c1-15-3-7-17(8-4-15)19-11-13-20(14-12-19)18-9-5-16(2)6-10-18/h3,7,16,18-20H,4-6,8-14H2,1-2H3. The highest BCUT2D eigenvalue weighted by Crippen LogP contribution is 2.43. The first-order chi connectivity index (χ1) is 9.72. The zero-order chi connectivity index (χ0) is 13.9. The molecule has 0 aromatic rings. The summed E-state index contributed by atoms with van der Waals surface area (Å²) in [5, 5.41) is 0. The van der Waals surface area contributed by atoms with Crippen LogP contribution in [0.5, 0.6) is 0 Å². The van der Waals surface area contributed by atoms with Crippen molar-refractivity contribution in [2.45, 2.75) is 78.1 Å². The second kappa shape index (κ2) is 6.50. The van der Waals surface area contributed by atoms with Crippen LogP contribution in [0, 0.1) is 23.7 Å². The molecule has 0 saturated heterocycles. The summed E-state index contributed by atoms with van der Waals surface area (Å²) in [7, 11) is 0. The quantitative estimate of drug-likeness (QED) is 0.554. The highest BCUT2D eigenvalue weighted by atomic mass is 14.4. The van der Waals surface area contributed by atoms with Crippen molar-refractivity contribution in [3.8, 4) is 0 Å². The Morgan fingerprint density at radius 2 is 1.35 bits per heavy atom. The zero-order valence-electron chi connectivity index (χ0n) is 13.5. The number of allylic oxidation sites excluding steroid dienone is 4. The van der Waals surface area contributed by atoms with Gasteiger partial charge in [-0.2, -0.15) is 0 Å². The Labute approximate surface area is 125 Å². The van der Waals surface area contributed by atoms with E-state index in [1.165, 1.54) is 64.2 Å². The maximum atomic E-state index is 2.45. The fourth-order valence-electron chi connectivity index (χ4n) is 4.82. The minimum absolute atomic E-state index is 0.929. The first-order valence-electron chi connectivity index (χ1n) is 9.08. The van der Waals surface area contributed by atoms with Crippen LogP contribution in [-0.4, -0.2) is 0 Å². The third kappa shape index (κ3) is 3.38. The lowest BCUT2D eigenvalue weighted by atomic mass is 9.68. The summed E-state index contributed by atoms with van der Waals surface area (Å²) in [5.74, 6) is 4.08. The molecule has 0 spiro atoms. The van der Waals surface area contributed by atoms with Crippen molar-refractivity contribution < 1.29 is 0 Å². The Kier molecular flexibility index (Phi) is 4.68. The summed E-state index contributed by atoms with van der Waals surface area (Å²) in [6, 6.07) is 0. The summed E-state index contributed by atoms with van der Waals surface area (Å²) in [5.41, 5.74) is 3.34. The van der Waals surface area contributed by atoms with Crippen molar-refractivity contribution in [3.63, 3.8) is 0 Å². The van der Waals surface area contributed by atoms with E-state index >= 15 is 0 Å². The third-order valence-corrected chi connectivity index (χ3v) is 6.41. The summed E-state index contributed by atoms with van der Waals surface area (Å²) >= 11 is 0. The monoisotopic (exact) mass is 272 g/mol. The van der Waals surface area contributed by atoms with E-state index in [9.17, 15) is 0 Å². The second-order valence-electron chi connectivity index (χ2n) is 7.89. The average Bonchev–Trinajstić information content (AvgIpc) is 2.49. The highest BCUT2D eigenvalue weighted by molar-refractivity contribution is 5.24. The molecule has 20 heavy (non-hydrogen) atoms. The molecule has 0 amide bonds. The molecular formula is C20H32. The van der Waals surface area contributed by atoms with E-state index in [0.29, 0.717) is 0 Å². The van der Waals surface area contributed by atoms with Crippen LogP contribution in [0.1, 0.15) is 78.1 Å². The van der Waals surface area contributed by atoms with E-state index in [2.05, 4.69) is 26.0 Å². The third-order valence-electron chi connectivity index (χ3n) is 6.41. The predicted molar refractivity (Wildman–Crippen MR) is 87.6 cm³/mol. The van der Waals surface area contributed by atoms with Gasteiger partial charge in [-0.25, -0.2) is 0 Å². The van der Waals surface area contributed by atoms with Crippen molar-refractivity contribution >= 4 is 0 Å². The van der Waals surface area contributed by atoms with Crippen LogP contribution in [0.4, 0.5) is 0 Å². The van der Waals surface area contributed by atoms with Gasteiger partial charge in [-0.15, -0.1) is 0 Å². The van der Waals surface area contributed by atoms with E-state index in [1.54, 1.807) is 11.1 Å². The Morgan fingerprint density at radius 3 is 1.90 bits per heavy atom. The molecule has 0 aromatic heterocycles. The topological polar surface area (TPSA) is 0 Å². The SMILES string of the molecule is CC1=CC=C(C2CCC(C3CCC(C)CC3)CC2)CC1. The first kappa shape index (κ1) is 14.4. The molecule has 0 aliphatic heterocycles. The van der Waals surface area contributed by atoms with Crippen LogP contribution < -0.4 is 0 Å². The molecule has 3 aliphatic rings. The molecule has 0 aromatic carbocycles.